The van der Waals surface area contributed by atoms with Gasteiger partial charge in [0.2, 0.25) is 22.0 Å². The van der Waals surface area contributed by atoms with Crippen molar-refractivity contribution in [2.24, 2.45) is 5.92 Å². The van der Waals surface area contributed by atoms with E-state index in [1.54, 1.807) is 24.6 Å². The lowest BCUT2D eigenvalue weighted by Gasteiger charge is -2.24. The first-order chi connectivity index (χ1) is 16.5. The summed E-state index contributed by atoms with van der Waals surface area (Å²) in [6, 6.07) is 0.317. The summed E-state index contributed by atoms with van der Waals surface area (Å²) in [4.78, 5) is 48.7. The summed E-state index contributed by atoms with van der Waals surface area (Å²) in [5.74, 6) is -5.89. The lowest BCUT2D eigenvalue weighted by molar-refractivity contribution is -0.150. The van der Waals surface area contributed by atoms with Crippen molar-refractivity contribution in [2.45, 2.75) is 69.7 Å². The smallest absolute Gasteiger partial charge is 0.374 e. The molecule has 8 nitrogen and oxygen atoms in total. The van der Waals surface area contributed by atoms with Crippen LogP contribution in [0.4, 0.5) is 8.78 Å². The Kier molecular flexibility index (Phi) is 11.4. The number of hydrogen-bond acceptors (Lipinski definition) is 6. The number of unbranched alkanes of at least 4 members (excludes halogenated alkanes) is 1. The van der Waals surface area contributed by atoms with Crippen molar-refractivity contribution in [1.82, 2.24) is 10.6 Å². The van der Waals surface area contributed by atoms with Crippen LogP contribution in [0.1, 0.15) is 51.5 Å². The van der Waals surface area contributed by atoms with Gasteiger partial charge in [0.25, 0.3) is 5.78 Å². The fraction of sp³-hybridized carbons (Fsp3) is 0.565. The number of carboxylic acid groups (broad SMARTS) is 1. The van der Waals surface area contributed by atoms with Crippen LogP contribution in [0.15, 0.2) is 18.2 Å². The number of rotatable bonds is 13. The molecule has 1 aliphatic heterocycles. The Bertz CT molecular complexity index is 933. The average Bonchev–Trinajstić information content (AvgIpc) is 3.20. The molecule has 4 N–H and O–H groups in total. The summed E-state index contributed by atoms with van der Waals surface area (Å²) in [7, 11) is 0.936. The van der Waals surface area contributed by atoms with Crippen LogP contribution >= 0.6 is 10.8 Å². The van der Waals surface area contributed by atoms with E-state index < -0.39 is 51.6 Å². The third-order valence-corrected chi connectivity index (χ3v) is 9.37. The summed E-state index contributed by atoms with van der Waals surface area (Å²) in [5.41, 5.74) is 0.125. The minimum Gasteiger partial charge on any atom is -0.475 e. The quantitative estimate of drug-likeness (QED) is 0.133. The van der Waals surface area contributed by atoms with E-state index in [1.165, 1.54) is 6.07 Å². The van der Waals surface area contributed by atoms with Crippen LogP contribution in [0, 0.1) is 17.6 Å². The molecule has 0 spiro atoms. The average molecular weight is 534 g/mol. The molecule has 4 atom stereocenters. The van der Waals surface area contributed by atoms with Gasteiger partial charge in [0, 0.05) is 19.3 Å². The van der Waals surface area contributed by atoms with E-state index in [2.05, 4.69) is 10.6 Å². The Morgan fingerprint density at radius 3 is 2.43 bits per heavy atom. The highest BCUT2D eigenvalue weighted by molar-refractivity contribution is 8.72. The van der Waals surface area contributed by atoms with Crippen molar-refractivity contribution >= 4 is 44.6 Å². The van der Waals surface area contributed by atoms with E-state index in [4.69, 9.17) is 5.11 Å². The topological polar surface area (TPSA) is 133 Å². The van der Waals surface area contributed by atoms with E-state index in [0.717, 1.165) is 37.1 Å². The van der Waals surface area contributed by atoms with Crippen molar-refractivity contribution < 1.29 is 37.6 Å². The number of Topliss-reactive ketones (excluding diaryl/α,β-unsaturated/α-hetero) is 1. The van der Waals surface area contributed by atoms with E-state index in [0.29, 0.717) is 6.42 Å². The summed E-state index contributed by atoms with van der Waals surface area (Å²) < 4.78 is 36.6. The molecule has 0 radical (unpaired) electrons. The third kappa shape index (κ3) is 9.08. The number of carbonyl (C=O) groups is 4. The number of ketones is 1. The molecule has 194 valence electrons. The van der Waals surface area contributed by atoms with Crippen LogP contribution in [0.25, 0.3) is 0 Å². The lowest BCUT2D eigenvalue weighted by Crippen LogP contribution is -2.55. The molecule has 0 aromatic heterocycles. The molecule has 1 aromatic carbocycles. The molecule has 2 unspecified atom stereocenters. The number of hydrogen-bond donors (Lipinski definition) is 4. The maximum absolute atomic E-state index is 13.5. The van der Waals surface area contributed by atoms with Crippen LogP contribution in [-0.2, 0) is 35.8 Å². The molecule has 0 saturated carbocycles. The van der Waals surface area contributed by atoms with Crippen molar-refractivity contribution in [2.75, 3.05) is 5.75 Å². The van der Waals surface area contributed by atoms with Gasteiger partial charge in [0.05, 0.1) is 5.75 Å². The lowest BCUT2D eigenvalue weighted by atomic mass is 9.99. The zero-order valence-corrected chi connectivity index (χ0v) is 21.2. The van der Waals surface area contributed by atoms with Gasteiger partial charge in [-0.25, -0.2) is 13.6 Å². The first-order valence-electron chi connectivity index (χ1n) is 11.4. The van der Waals surface area contributed by atoms with Gasteiger partial charge < -0.3 is 15.7 Å². The van der Waals surface area contributed by atoms with E-state index in [9.17, 15) is 32.5 Å². The predicted octanol–water partition coefficient (Wildman–Crippen LogP) is 2.86. The zero-order chi connectivity index (χ0) is 26.1. The molecule has 1 aliphatic rings. The second kappa shape index (κ2) is 13.8. The minimum absolute atomic E-state index is 0.125. The number of amides is 2. The summed E-state index contributed by atoms with van der Waals surface area (Å²) in [6.45, 7) is 3.38. The standard InChI is InChI=1S/C23H30F2N2O6S2/c1-13(2)20(27-19(28)6-4-3-5-15-9-10-34-35(15)33)22(30)26-18(21(29)23(31)32)12-14-7-8-16(24)17(25)11-14/h7-8,11,13,15,18,20,33H,3-6,9-10,12H2,1-2H3,(H2-,26,27,28,30,31,32)/p+1/t15?,18-,20-,35?/m0/s1. The molecule has 0 bridgehead atoms. The Balaban J connectivity index is 1.96. The van der Waals surface area contributed by atoms with E-state index in [1.807, 2.05) is 0 Å². The molecule has 2 rings (SSSR count). The molecule has 12 heteroatoms. The third-order valence-electron chi connectivity index (χ3n) is 5.64. The number of halogens is 2. The first kappa shape index (κ1) is 29.1. The molecular weight excluding hydrogens is 502 g/mol. The van der Waals surface area contributed by atoms with Crippen LogP contribution in [-0.4, -0.2) is 56.3 Å². The van der Waals surface area contributed by atoms with E-state index >= 15 is 0 Å². The normalized spacial score (nSPS) is 19.3. The van der Waals surface area contributed by atoms with Crippen molar-refractivity contribution in [1.29, 1.82) is 0 Å². The van der Waals surface area contributed by atoms with Gasteiger partial charge in [-0.1, -0.05) is 19.9 Å². The van der Waals surface area contributed by atoms with Gasteiger partial charge in [-0.15, -0.1) is 0 Å². The SMILES string of the molecule is CC(C)[C@H](NC(=O)CCCCC1CCS[S+]1O)C(=O)N[C@@H](Cc1ccc(F)c(F)c1)C(=O)C(=O)O. The highest BCUT2D eigenvalue weighted by Gasteiger charge is 2.37. The van der Waals surface area contributed by atoms with Crippen molar-refractivity contribution in [3.05, 3.63) is 35.4 Å². The van der Waals surface area contributed by atoms with E-state index in [-0.39, 0.29) is 35.5 Å². The Morgan fingerprint density at radius 1 is 1.14 bits per heavy atom. The second-order valence-electron chi connectivity index (χ2n) is 8.73. The van der Waals surface area contributed by atoms with Gasteiger partial charge in [0.15, 0.2) is 16.9 Å². The highest BCUT2D eigenvalue weighted by Crippen LogP contribution is 2.33. The van der Waals surface area contributed by atoms with Crippen molar-refractivity contribution in [3.63, 3.8) is 0 Å². The fourth-order valence-corrected chi connectivity index (χ4v) is 7.20. The highest BCUT2D eigenvalue weighted by atomic mass is 33.1. The molecule has 35 heavy (non-hydrogen) atoms. The predicted molar refractivity (Wildman–Crippen MR) is 131 cm³/mol. The van der Waals surface area contributed by atoms with Crippen LogP contribution in [0.5, 0.6) is 0 Å². The largest absolute Gasteiger partial charge is 0.475 e. The molecule has 2 amide bonds. The minimum atomic E-state index is -1.78. The molecule has 1 heterocycles. The maximum atomic E-state index is 13.5. The first-order valence-corrected chi connectivity index (χ1v) is 14.1. The Hall–Kier alpha value is -2.18. The van der Waals surface area contributed by atoms with Crippen LogP contribution in [0.2, 0.25) is 0 Å². The maximum Gasteiger partial charge on any atom is 0.374 e. The molecule has 0 aliphatic carbocycles. The summed E-state index contributed by atoms with van der Waals surface area (Å²) in [6.07, 6.45) is 2.97. The van der Waals surface area contributed by atoms with Crippen LogP contribution in [0.3, 0.4) is 0 Å². The molecular formula is C23H31F2N2O6S2+. The number of carbonyl (C=O) groups excluding carboxylic acids is 3. The molecule has 1 saturated heterocycles. The van der Waals surface area contributed by atoms with Gasteiger partial charge >= 0.3 is 5.97 Å². The van der Waals surface area contributed by atoms with Gasteiger partial charge in [-0.3, -0.25) is 14.4 Å². The number of nitrogens with one attached hydrogen (secondary N) is 2. The summed E-state index contributed by atoms with van der Waals surface area (Å²) in [5, 5.41) is 14.4. The zero-order valence-electron chi connectivity index (χ0n) is 19.6. The van der Waals surface area contributed by atoms with Gasteiger partial charge in [-0.05, 0) is 42.9 Å². The monoisotopic (exact) mass is 533 g/mol. The summed E-state index contributed by atoms with van der Waals surface area (Å²) >= 11 is 0. The van der Waals surface area contributed by atoms with Gasteiger partial charge in [0.1, 0.15) is 22.9 Å². The second-order valence-corrected chi connectivity index (χ2v) is 12.3. The molecule has 1 aromatic rings. The van der Waals surface area contributed by atoms with Crippen LogP contribution < -0.4 is 10.6 Å². The Labute approximate surface area is 209 Å². The molecule has 1 fully saturated rings. The van der Waals surface area contributed by atoms with Gasteiger partial charge in [-0.2, -0.15) is 4.55 Å². The number of benzene rings is 1. The fourth-order valence-electron chi connectivity index (χ4n) is 3.67. The van der Waals surface area contributed by atoms with Crippen molar-refractivity contribution in [3.8, 4) is 0 Å². The number of aliphatic carboxylic acids is 1. The number of carboxylic acids is 1. The Morgan fingerprint density at radius 2 is 1.86 bits per heavy atom.